The number of benzene rings is 1. The van der Waals surface area contributed by atoms with Crippen LogP contribution in [0.3, 0.4) is 0 Å². The van der Waals surface area contributed by atoms with Crippen LogP contribution in [0.25, 0.3) is 0 Å². The molecule has 1 atom stereocenters. The summed E-state index contributed by atoms with van der Waals surface area (Å²) in [6.07, 6.45) is 1.92. The minimum absolute atomic E-state index is 0. The predicted octanol–water partition coefficient (Wildman–Crippen LogP) is 1.44. The quantitative estimate of drug-likeness (QED) is 0.601. The summed E-state index contributed by atoms with van der Waals surface area (Å²) < 4.78 is 5.73. The summed E-state index contributed by atoms with van der Waals surface area (Å²) in [6, 6.07) is 14.0. The molecule has 2 aromatic rings. The molecule has 0 bridgehead atoms. The van der Waals surface area contributed by atoms with E-state index in [1.165, 1.54) is 5.56 Å². The Labute approximate surface area is 222 Å². The van der Waals surface area contributed by atoms with E-state index in [1.54, 1.807) is 67.8 Å². The Balaban J connectivity index is -0.000000219. The molecule has 0 spiro atoms. The fourth-order valence-electron chi connectivity index (χ4n) is 1.64. The first-order valence-corrected chi connectivity index (χ1v) is 11.2. The van der Waals surface area contributed by atoms with Crippen molar-refractivity contribution in [3.05, 3.63) is 60.4 Å². The first-order valence-electron chi connectivity index (χ1n) is 11.2. The number of hydrogen-bond donors (Lipinski definition) is 1. The SMILES string of the molecule is CC(C)[O-].CC(C)[O-].CC(C)[O-].CC(C)[O-].CNC(COc1ccccc1)c1ccncc1.[Ti+4]. The Morgan fingerprint density at radius 1 is 0.706 bits per heavy atom. The van der Waals surface area contributed by atoms with Gasteiger partial charge in [0, 0.05) is 12.4 Å². The van der Waals surface area contributed by atoms with Gasteiger partial charge in [-0.1, -0.05) is 73.6 Å². The Morgan fingerprint density at radius 3 is 1.38 bits per heavy atom. The largest absolute Gasteiger partial charge is 4.00 e. The molecule has 8 heteroatoms. The first kappa shape index (κ1) is 39.9. The zero-order chi connectivity index (χ0) is 26.2. The molecule has 1 heterocycles. The van der Waals surface area contributed by atoms with Crippen molar-refractivity contribution < 1.29 is 46.9 Å². The molecule has 2 rings (SSSR count). The van der Waals surface area contributed by atoms with E-state index < -0.39 is 24.4 Å². The van der Waals surface area contributed by atoms with E-state index in [4.69, 9.17) is 4.74 Å². The second-order valence-electron chi connectivity index (χ2n) is 7.94. The second kappa shape index (κ2) is 27.9. The fraction of sp³-hybridized carbons (Fsp3) is 0.577. The van der Waals surface area contributed by atoms with Gasteiger partial charge in [-0.25, -0.2) is 0 Å². The summed E-state index contributed by atoms with van der Waals surface area (Å²) in [5.74, 6) is 0.891. The van der Waals surface area contributed by atoms with Crippen LogP contribution < -0.4 is 30.5 Å². The van der Waals surface area contributed by atoms with Crippen LogP contribution in [0.5, 0.6) is 5.75 Å². The van der Waals surface area contributed by atoms with Gasteiger partial charge >= 0.3 is 21.7 Å². The number of hydrogen-bond acceptors (Lipinski definition) is 7. The Bertz CT molecular complexity index is 580. The first-order chi connectivity index (χ1) is 15.3. The summed E-state index contributed by atoms with van der Waals surface area (Å²) in [6.45, 7) is 13.5. The molecule has 34 heavy (non-hydrogen) atoms. The molecule has 1 aromatic carbocycles. The van der Waals surface area contributed by atoms with E-state index in [1.807, 2.05) is 49.5 Å². The third kappa shape index (κ3) is 41.0. The van der Waals surface area contributed by atoms with Crippen molar-refractivity contribution in [1.82, 2.24) is 10.3 Å². The Morgan fingerprint density at radius 2 is 1.06 bits per heavy atom. The molecule has 0 radical (unpaired) electrons. The van der Waals surface area contributed by atoms with Gasteiger partial charge in [-0.2, -0.15) is 0 Å². The molecule has 7 nitrogen and oxygen atoms in total. The van der Waals surface area contributed by atoms with Crippen molar-refractivity contribution in [2.24, 2.45) is 0 Å². The Kier molecular flexibility index (Phi) is 32.8. The number of para-hydroxylation sites is 1. The molecule has 0 saturated carbocycles. The number of rotatable bonds is 5. The van der Waals surface area contributed by atoms with E-state index >= 15 is 0 Å². The summed E-state index contributed by atoms with van der Waals surface area (Å²) in [7, 11) is 1.93. The van der Waals surface area contributed by atoms with Gasteiger partial charge < -0.3 is 30.5 Å². The van der Waals surface area contributed by atoms with E-state index in [0.29, 0.717) is 6.61 Å². The molecule has 1 unspecified atom stereocenters. The molecule has 1 N–H and O–H groups in total. The fourth-order valence-corrected chi connectivity index (χ4v) is 1.64. The molecule has 0 fully saturated rings. The van der Waals surface area contributed by atoms with Gasteiger partial charge in [0.05, 0.1) is 6.04 Å². The van der Waals surface area contributed by atoms with Crippen molar-refractivity contribution >= 4 is 0 Å². The van der Waals surface area contributed by atoms with Crippen LogP contribution in [0.4, 0.5) is 0 Å². The smallest absolute Gasteiger partial charge is 0.852 e. The van der Waals surface area contributed by atoms with E-state index in [-0.39, 0.29) is 27.8 Å². The zero-order valence-electron chi connectivity index (χ0n) is 22.3. The average Bonchev–Trinajstić information content (AvgIpc) is 2.68. The number of aromatic nitrogens is 1. The predicted molar refractivity (Wildman–Crippen MR) is 129 cm³/mol. The normalized spacial score (nSPS) is 10.3. The van der Waals surface area contributed by atoms with Crippen LogP contribution in [0.2, 0.25) is 0 Å². The van der Waals surface area contributed by atoms with Crippen molar-refractivity contribution in [2.75, 3.05) is 13.7 Å². The van der Waals surface area contributed by atoms with Crippen LogP contribution in [-0.4, -0.2) is 43.1 Å². The second-order valence-corrected chi connectivity index (χ2v) is 7.94. The standard InChI is InChI=1S/C14H16N2O.4C3H7O.Ti/c1-15-14(12-7-9-16-10-8-12)11-17-13-5-3-2-4-6-13;4*1-3(2)4;/h2-10,14-15H,11H2,1H3;4*3H,1-2H3;/q;4*-1;+4. The van der Waals surface area contributed by atoms with Gasteiger partial charge in [0.15, 0.2) is 0 Å². The average molecular weight is 513 g/mol. The summed E-state index contributed by atoms with van der Waals surface area (Å²) >= 11 is 0. The third-order valence-electron chi connectivity index (χ3n) is 2.62. The number of nitrogens with zero attached hydrogens (tertiary/aromatic N) is 1. The summed E-state index contributed by atoms with van der Waals surface area (Å²) in [5, 5.41) is 41.3. The van der Waals surface area contributed by atoms with Crippen LogP contribution in [0.1, 0.15) is 67.0 Å². The number of nitrogens with one attached hydrogen (secondary N) is 1. The Hall–Kier alpha value is -1.32. The maximum atomic E-state index is 9.53. The molecule has 1 aromatic heterocycles. The molecule has 192 valence electrons. The van der Waals surface area contributed by atoms with E-state index in [9.17, 15) is 20.4 Å². The van der Waals surface area contributed by atoms with Crippen LogP contribution in [0.15, 0.2) is 54.9 Å². The van der Waals surface area contributed by atoms with Crippen molar-refractivity contribution in [1.29, 1.82) is 0 Å². The molecule has 0 saturated heterocycles. The molecule has 0 aliphatic rings. The molecular formula is C26H44N2O5Ti. The third-order valence-corrected chi connectivity index (χ3v) is 2.62. The van der Waals surface area contributed by atoms with Crippen LogP contribution in [-0.2, 0) is 21.7 Å². The number of ether oxygens (including phenoxy) is 1. The molecule has 0 amide bonds. The maximum absolute atomic E-state index is 9.53. The van der Waals surface area contributed by atoms with Crippen molar-refractivity contribution in [2.45, 2.75) is 85.8 Å². The van der Waals surface area contributed by atoms with Gasteiger partial charge in [0.2, 0.25) is 0 Å². The number of likely N-dealkylation sites (N-methyl/N-ethyl adjacent to an activating group) is 1. The monoisotopic (exact) mass is 512 g/mol. The maximum Gasteiger partial charge on any atom is 4.00 e. The van der Waals surface area contributed by atoms with Crippen LogP contribution >= 0.6 is 0 Å². The van der Waals surface area contributed by atoms with Gasteiger partial charge in [-0.3, -0.25) is 4.98 Å². The van der Waals surface area contributed by atoms with Gasteiger partial charge in [-0.05, 0) is 36.9 Å². The zero-order valence-corrected chi connectivity index (χ0v) is 23.8. The summed E-state index contributed by atoms with van der Waals surface area (Å²) in [5.41, 5.74) is 1.18. The molecule has 0 aliphatic heterocycles. The minimum Gasteiger partial charge on any atom is -0.852 e. The number of pyridine rings is 1. The van der Waals surface area contributed by atoms with E-state index in [0.717, 1.165) is 5.75 Å². The van der Waals surface area contributed by atoms with Crippen LogP contribution in [0, 0.1) is 0 Å². The molecular weight excluding hydrogens is 468 g/mol. The molecule has 0 aliphatic carbocycles. The minimum atomic E-state index is -0.417. The van der Waals surface area contributed by atoms with Gasteiger partial charge in [0.1, 0.15) is 12.4 Å². The van der Waals surface area contributed by atoms with Gasteiger partial charge in [-0.15, -0.1) is 24.4 Å². The van der Waals surface area contributed by atoms with Crippen molar-refractivity contribution in [3.8, 4) is 5.75 Å². The van der Waals surface area contributed by atoms with E-state index in [2.05, 4.69) is 10.3 Å². The van der Waals surface area contributed by atoms with Gasteiger partial charge in [0.25, 0.3) is 0 Å². The topological polar surface area (TPSA) is 126 Å². The van der Waals surface area contributed by atoms with Crippen molar-refractivity contribution in [3.63, 3.8) is 0 Å². The summed E-state index contributed by atoms with van der Waals surface area (Å²) in [4.78, 5) is 4.01.